The second-order valence-corrected chi connectivity index (χ2v) is 5.15. The molecule has 2 N–H and O–H groups in total. The zero-order valence-electron chi connectivity index (χ0n) is 10.5. The van der Waals surface area contributed by atoms with Crippen LogP contribution in [0.15, 0.2) is 18.2 Å². The monoisotopic (exact) mass is 255 g/mol. The maximum absolute atomic E-state index is 13.4. The first-order chi connectivity index (χ1) is 8.58. The molecule has 0 spiro atoms. The van der Waals surface area contributed by atoms with Gasteiger partial charge in [-0.15, -0.1) is 0 Å². The summed E-state index contributed by atoms with van der Waals surface area (Å²) in [4.78, 5) is 0. The van der Waals surface area contributed by atoms with Crippen LogP contribution in [0.4, 0.5) is 8.78 Å². The van der Waals surface area contributed by atoms with Crippen molar-refractivity contribution < 1.29 is 13.9 Å². The number of benzene rings is 1. The molecule has 1 saturated carbocycles. The van der Waals surface area contributed by atoms with Crippen LogP contribution in [0.25, 0.3) is 0 Å². The summed E-state index contributed by atoms with van der Waals surface area (Å²) in [6.07, 6.45) is 1.65. The van der Waals surface area contributed by atoms with Gasteiger partial charge in [-0.25, -0.2) is 8.78 Å². The Bertz CT molecular complexity index is 407. The molecule has 4 heteroatoms. The van der Waals surface area contributed by atoms with Crippen LogP contribution in [0.1, 0.15) is 31.4 Å². The highest BCUT2D eigenvalue weighted by Crippen LogP contribution is 2.36. The summed E-state index contributed by atoms with van der Waals surface area (Å²) < 4.78 is 26.1. The lowest BCUT2D eigenvalue weighted by molar-refractivity contribution is 0.168. The van der Waals surface area contributed by atoms with Gasteiger partial charge in [0, 0.05) is 18.2 Å². The van der Waals surface area contributed by atoms with Crippen LogP contribution >= 0.6 is 0 Å². The van der Waals surface area contributed by atoms with Crippen molar-refractivity contribution in [2.24, 2.45) is 11.8 Å². The molecule has 0 amide bonds. The second kappa shape index (κ2) is 5.76. The van der Waals surface area contributed by atoms with Gasteiger partial charge in [0.2, 0.25) is 0 Å². The van der Waals surface area contributed by atoms with E-state index in [9.17, 15) is 13.9 Å². The predicted octanol–water partition coefficient (Wildman–Crippen LogP) is 2.63. The summed E-state index contributed by atoms with van der Waals surface area (Å²) in [5, 5.41) is 13.0. The average Bonchev–Trinajstić information content (AvgIpc) is 3.12. The molecule has 0 aliphatic heterocycles. The molecule has 2 unspecified atom stereocenters. The van der Waals surface area contributed by atoms with Gasteiger partial charge in [0.1, 0.15) is 11.6 Å². The van der Waals surface area contributed by atoms with E-state index in [1.165, 1.54) is 18.9 Å². The van der Waals surface area contributed by atoms with Crippen LogP contribution in [-0.4, -0.2) is 18.2 Å². The van der Waals surface area contributed by atoms with Crippen LogP contribution < -0.4 is 5.32 Å². The Morgan fingerprint density at radius 3 is 2.67 bits per heavy atom. The maximum Gasteiger partial charge on any atom is 0.131 e. The summed E-state index contributed by atoms with van der Waals surface area (Å²) in [5.74, 6) is 0.0748. The number of rotatable bonds is 6. The molecule has 0 bridgehead atoms. The van der Waals surface area contributed by atoms with E-state index in [0.717, 1.165) is 24.6 Å². The van der Waals surface area contributed by atoms with Crippen molar-refractivity contribution in [3.8, 4) is 0 Å². The zero-order chi connectivity index (χ0) is 13.1. The highest BCUT2D eigenvalue weighted by Gasteiger charge is 2.27. The van der Waals surface area contributed by atoms with Crippen molar-refractivity contribution in [3.05, 3.63) is 35.4 Å². The molecule has 0 heterocycles. The molecule has 1 fully saturated rings. The summed E-state index contributed by atoms with van der Waals surface area (Å²) in [6.45, 7) is 3.29. The van der Waals surface area contributed by atoms with Gasteiger partial charge in [-0.2, -0.15) is 0 Å². The van der Waals surface area contributed by atoms with Crippen LogP contribution in [-0.2, 0) is 0 Å². The minimum absolute atomic E-state index is 0.142. The number of aliphatic hydroxyl groups excluding tert-OH is 1. The number of hydrogen-bond acceptors (Lipinski definition) is 2. The third-order valence-corrected chi connectivity index (χ3v) is 3.55. The molecule has 1 aromatic rings. The Balaban J connectivity index is 1.81. The van der Waals surface area contributed by atoms with Gasteiger partial charge >= 0.3 is 0 Å². The van der Waals surface area contributed by atoms with Gasteiger partial charge in [-0.1, -0.05) is 13.0 Å². The fourth-order valence-corrected chi connectivity index (χ4v) is 2.16. The molecule has 0 saturated heterocycles. The van der Waals surface area contributed by atoms with E-state index >= 15 is 0 Å². The summed E-state index contributed by atoms with van der Waals surface area (Å²) in [7, 11) is 0. The number of nitrogens with one attached hydrogen (secondary N) is 1. The largest absolute Gasteiger partial charge is 0.387 e. The predicted molar refractivity (Wildman–Crippen MR) is 66.1 cm³/mol. The Hall–Kier alpha value is -1.00. The molecule has 1 aliphatic carbocycles. The van der Waals surface area contributed by atoms with E-state index < -0.39 is 17.7 Å². The van der Waals surface area contributed by atoms with E-state index in [2.05, 4.69) is 12.2 Å². The van der Waals surface area contributed by atoms with E-state index in [1.54, 1.807) is 0 Å². The number of halogens is 2. The molecule has 2 rings (SSSR count). The number of aliphatic hydroxyl groups is 1. The van der Waals surface area contributed by atoms with Crippen molar-refractivity contribution in [3.63, 3.8) is 0 Å². The minimum atomic E-state index is -0.933. The van der Waals surface area contributed by atoms with E-state index in [1.807, 2.05) is 0 Å². The Kier molecular flexibility index (Phi) is 4.30. The van der Waals surface area contributed by atoms with Crippen LogP contribution in [0.3, 0.4) is 0 Å². The third-order valence-electron chi connectivity index (χ3n) is 3.55. The normalized spacial score (nSPS) is 18.7. The van der Waals surface area contributed by atoms with Crippen molar-refractivity contribution in [2.75, 3.05) is 13.1 Å². The Labute approximate surface area is 106 Å². The molecular formula is C14H19F2NO. The van der Waals surface area contributed by atoms with E-state index in [4.69, 9.17) is 0 Å². The third kappa shape index (κ3) is 3.50. The number of hydrogen-bond donors (Lipinski definition) is 2. The van der Waals surface area contributed by atoms with Crippen LogP contribution in [0.5, 0.6) is 0 Å². The first-order valence-electron chi connectivity index (χ1n) is 6.41. The lowest BCUT2D eigenvalue weighted by Gasteiger charge is -2.15. The van der Waals surface area contributed by atoms with Crippen molar-refractivity contribution in [1.82, 2.24) is 5.32 Å². The smallest absolute Gasteiger partial charge is 0.131 e. The van der Waals surface area contributed by atoms with Gasteiger partial charge in [-0.05, 0) is 37.3 Å². The van der Waals surface area contributed by atoms with E-state index in [0.29, 0.717) is 12.5 Å². The second-order valence-electron chi connectivity index (χ2n) is 5.15. The average molecular weight is 255 g/mol. The first kappa shape index (κ1) is 13.4. The molecule has 100 valence electrons. The minimum Gasteiger partial charge on any atom is -0.387 e. The topological polar surface area (TPSA) is 32.3 Å². The molecule has 0 radical (unpaired) electrons. The van der Waals surface area contributed by atoms with Gasteiger partial charge in [0.15, 0.2) is 0 Å². The fourth-order valence-electron chi connectivity index (χ4n) is 2.16. The van der Waals surface area contributed by atoms with Crippen molar-refractivity contribution in [2.45, 2.75) is 25.9 Å². The Morgan fingerprint density at radius 1 is 1.33 bits per heavy atom. The maximum atomic E-state index is 13.4. The standard InChI is InChI=1S/C14H19F2NO/c1-9(10-2-3-10)7-17-8-14(18)12-5-4-11(15)6-13(12)16/h4-6,9-10,14,17-18H,2-3,7-8H2,1H3. The highest BCUT2D eigenvalue weighted by molar-refractivity contribution is 5.21. The first-order valence-corrected chi connectivity index (χ1v) is 6.41. The molecule has 1 aromatic carbocycles. The quantitative estimate of drug-likeness (QED) is 0.819. The molecular weight excluding hydrogens is 236 g/mol. The molecule has 18 heavy (non-hydrogen) atoms. The fraction of sp³-hybridized carbons (Fsp3) is 0.571. The molecule has 0 aromatic heterocycles. The van der Waals surface area contributed by atoms with Gasteiger partial charge in [0.05, 0.1) is 6.10 Å². The van der Waals surface area contributed by atoms with Crippen molar-refractivity contribution in [1.29, 1.82) is 0 Å². The van der Waals surface area contributed by atoms with Crippen LogP contribution in [0, 0.1) is 23.5 Å². The Morgan fingerprint density at radius 2 is 2.06 bits per heavy atom. The molecule has 2 nitrogen and oxygen atoms in total. The molecule has 1 aliphatic rings. The van der Waals surface area contributed by atoms with Gasteiger partial charge in [-0.3, -0.25) is 0 Å². The van der Waals surface area contributed by atoms with Crippen LogP contribution in [0.2, 0.25) is 0 Å². The summed E-state index contributed by atoms with van der Waals surface area (Å²) in [5.41, 5.74) is 0.142. The van der Waals surface area contributed by atoms with Crippen molar-refractivity contribution >= 4 is 0 Å². The summed E-state index contributed by atoms with van der Waals surface area (Å²) >= 11 is 0. The van der Waals surface area contributed by atoms with E-state index in [-0.39, 0.29) is 5.56 Å². The highest BCUT2D eigenvalue weighted by atomic mass is 19.1. The lowest BCUT2D eigenvalue weighted by Crippen LogP contribution is -2.27. The SMILES string of the molecule is CC(CNCC(O)c1ccc(F)cc1F)C1CC1. The zero-order valence-corrected chi connectivity index (χ0v) is 10.5. The summed E-state index contributed by atoms with van der Waals surface area (Å²) in [6, 6.07) is 3.25. The lowest BCUT2D eigenvalue weighted by atomic mass is 10.1. The van der Waals surface area contributed by atoms with Gasteiger partial charge < -0.3 is 10.4 Å². The van der Waals surface area contributed by atoms with Gasteiger partial charge in [0.25, 0.3) is 0 Å². The molecule has 2 atom stereocenters.